The van der Waals surface area contributed by atoms with Crippen molar-refractivity contribution >= 4 is 17.5 Å². The smallest absolute Gasteiger partial charge is 0.248 e. The van der Waals surface area contributed by atoms with E-state index in [2.05, 4.69) is 0 Å². The molecule has 0 fully saturated rings. The summed E-state index contributed by atoms with van der Waals surface area (Å²) in [4.78, 5) is 35.7. The number of halogens is 1. The second-order valence-electron chi connectivity index (χ2n) is 4.47. The summed E-state index contributed by atoms with van der Waals surface area (Å²) in [6.07, 6.45) is 0. The van der Waals surface area contributed by atoms with Crippen molar-refractivity contribution in [3.63, 3.8) is 0 Å². The number of carbonyl (C=O) groups excluding carboxylic acids is 3. The van der Waals surface area contributed by atoms with Crippen LogP contribution in [0.2, 0.25) is 0 Å². The molecule has 0 aliphatic heterocycles. The Bertz CT molecular complexity index is 796. The summed E-state index contributed by atoms with van der Waals surface area (Å²) in [7, 11) is 0. The van der Waals surface area contributed by atoms with Gasteiger partial charge in [0, 0.05) is 27.8 Å². The predicted octanol–water partition coefficient (Wildman–Crippen LogP) is 1.70. The van der Waals surface area contributed by atoms with Crippen LogP contribution >= 0.6 is 0 Å². The molecule has 0 spiro atoms. The third kappa shape index (κ3) is 1.64. The van der Waals surface area contributed by atoms with Crippen LogP contribution < -0.4 is 5.73 Å². The van der Waals surface area contributed by atoms with Crippen LogP contribution in [0.4, 0.5) is 4.39 Å². The molecule has 0 atom stereocenters. The number of amides is 1. The van der Waals surface area contributed by atoms with Crippen molar-refractivity contribution in [3.05, 3.63) is 70.0 Å². The minimum atomic E-state index is -0.696. The van der Waals surface area contributed by atoms with Crippen LogP contribution in [0.5, 0.6) is 0 Å². The molecule has 0 aromatic heterocycles. The van der Waals surface area contributed by atoms with Crippen LogP contribution in [-0.2, 0) is 0 Å². The number of carbonyl (C=O) groups is 3. The molecule has 20 heavy (non-hydrogen) atoms. The van der Waals surface area contributed by atoms with Gasteiger partial charge in [-0.1, -0.05) is 0 Å². The molecule has 0 saturated heterocycles. The van der Waals surface area contributed by atoms with Crippen molar-refractivity contribution in [1.82, 2.24) is 0 Å². The zero-order chi connectivity index (χ0) is 14.4. The molecule has 5 heteroatoms. The molecule has 0 saturated carbocycles. The van der Waals surface area contributed by atoms with E-state index in [0.717, 1.165) is 12.1 Å². The Balaban J connectivity index is 2.27. The van der Waals surface area contributed by atoms with Crippen LogP contribution in [0, 0.1) is 5.82 Å². The number of hydrogen-bond acceptors (Lipinski definition) is 3. The van der Waals surface area contributed by atoms with E-state index in [4.69, 9.17) is 5.73 Å². The van der Waals surface area contributed by atoms with Crippen LogP contribution in [-0.4, -0.2) is 17.5 Å². The van der Waals surface area contributed by atoms with Gasteiger partial charge in [0.15, 0.2) is 11.6 Å². The first-order valence-electron chi connectivity index (χ1n) is 5.82. The highest BCUT2D eigenvalue weighted by atomic mass is 19.1. The molecule has 0 heterocycles. The zero-order valence-electron chi connectivity index (χ0n) is 10.1. The third-order valence-electron chi connectivity index (χ3n) is 3.26. The average molecular weight is 269 g/mol. The monoisotopic (exact) mass is 269 g/mol. The number of benzene rings is 2. The van der Waals surface area contributed by atoms with Crippen LogP contribution in [0.25, 0.3) is 0 Å². The summed E-state index contributed by atoms with van der Waals surface area (Å²) in [6.45, 7) is 0. The van der Waals surface area contributed by atoms with Gasteiger partial charge in [0.2, 0.25) is 5.91 Å². The van der Waals surface area contributed by atoms with Crippen LogP contribution in [0.15, 0.2) is 36.4 Å². The highest BCUT2D eigenvalue weighted by molar-refractivity contribution is 6.28. The molecular weight excluding hydrogens is 261 g/mol. The lowest BCUT2D eigenvalue weighted by Crippen LogP contribution is -2.22. The SMILES string of the molecule is NC(=O)c1ccc2c(c1)C(=O)c1cc(F)ccc1C2=O. The van der Waals surface area contributed by atoms with Gasteiger partial charge >= 0.3 is 0 Å². The summed E-state index contributed by atoms with van der Waals surface area (Å²) in [6, 6.07) is 7.49. The molecule has 0 bridgehead atoms. The molecule has 1 amide bonds. The number of hydrogen-bond donors (Lipinski definition) is 1. The first kappa shape index (κ1) is 12.2. The maximum atomic E-state index is 13.2. The molecule has 1 aliphatic carbocycles. The molecule has 4 nitrogen and oxygen atoms in total. The van der Waals surface area contributed by atoms with Crippen molar-refractivity contribution in [2.45, 2.75) is 0 Å². The van der Waals surface area contributed by atoms with Crippen LogP contribution in [0.1, 0.15) is 42.2 Å². The highest BCUT2D eigenvalue weighted by Gasteiger charge is 2.30. The maximum absolute atomic E-state index is 13.2. The zero-order valence-corrected chi connectivity index (χ0v) is 10.1. The predicted molar refractivity (Wildman–Crippen MR) is 68.2 cm³/mol. The second-order valence-corrected chi connectivity index (χ2v) is 4.47. The molecular formula is C15H8FNO3. The van der Waals surface area contributed by atoms with E-state index < -0.39 is 17.5 Å². The van der Waals surface area contributed by atoms with Gasteiger partial charge in [-0.25, -0.2) is 4.39 Å². The topological polar surface area (TPSA) is 77.2 Å². The Kier molecular flexibility index (Phi) is 2.50. The number of primary amides is 1. The lowest BCUT2D eigenvalue weighted by molar-refractivity contribution is 0.0976. The minimum Gasteiger partial charge on any atom is -0.366 e. The van der Waals surface area contributed by atoms with E-state index in [9.17, 15) is 18.8 Å². The summed E-state index contributed by atoms with van der Waals surface area (Å²) >= 11 is 0. The molecule has 0 unspecified atom stereocenters. The van der Waals surface area contributed by atoms with E-state index >= 15 is 0 Å². The van der Waals surface area contributed by atoms with Crippen molar-refractivity contribution in [1.29, 1.82) is 0 Å². The van der Waals surface area contributed by atoms with Crippen molar-refractivity contribution in [2.24, 2.45) is 5.73 Å². The standard InChI is InChI=1S/C15H8FNO3/c16-8-2-4-10-12(6-8)14(19)11-5-7(15(17)20)1-3-9(11)13(10)18/h1-6H,(H2,17,20). The van der Waals surface area contributed by atoms with Gasteiger partial charge < -0.3 is 5.73 Å². The fourth-order valence-electron chi connectivity index (χ4n) is 2.28. The fourth-order valence-corrected chi connectivity index (χ4v) is 2.28. The molecule has 2 aromatic rings. The quantitative estimate of drug-likeness (QED) is 0.730. The molecule has 98 valence electrons. The fraction of sp³-hybridized carbons (Fsp3) is 0. The van der Waals surface area contributed by atoms with Gasteiger partial charge in [0.25, 0.3) is 0 Å². The first-order valence-corrected chi connectivity index (χ1v) is 5.82. The van der Waals surface area contributed by atoms with Gasteiger partial charge in [0.05, 0.1) is 0 Å². The molecule has 0 radical (unpaired) electrons. The van der Waals surface area contributed by atoms with E-state index in [1.54, 1.807) is 0 Å². The van der Waals surface area contributed by atoms with Gasteiger partial charge in [-0.3, -0.25) is 14.4 Å². The van der Waals surface area contributed by atoms with E-state index in [0.29, 0.717) is 0 Å². The minimum absolute atomic E-state index is 0.00382. The summed E-state index contributed by atoms with van der Waals surface area (Å²) < 4.78 is 13.2. The number of rotatable bonds is 1. The Labute approximate surface area is 113 Å². The molecule has 3 rings (SSSR count). The number of fused-ring (bicyclic) bond motifs is 2. The Hall–Kier alpha value is -2.82. The third-order valence-corrected chi connectivity index (χ3v) is 3.26. The average Bonchev–Trinajstić information content (AvgIpc) is 2.44. The van der Waals surface area contributed by atoms with E-state index in [1.807, 2.05) is 0 Å². The Morgan fingerprint density at radius 3 is 2.05 bits per heavy atom. The van der Waals surface area contributed by atoms with Gasteiger partial charge in [-0.2, -0.15) is 0 Å². The lowest BCUT2D eigenvalue weighted by atomic mass is 9.83. The summed E-state index contributed by atoms with van der Waals surface area (Å²) in [5, 5.41) is 0. The molecule has 2 N–H and O–H groups in total. The van der Waals surface area contributed by atoms with Crippen LogP contribution in [0.3, 0.4) is 0 Å². The van der Waals surface area contributed by atoms with Crippen molar-refractivity contribution in [2.75, 3.05) is 0 Å². The highest BCUT2D eigenvalue weighted by Crippen LogP contribution is 2.28. The number of nitrogens with two attached hydrogens (primary N) is 1. The van der Waals surface area contributed by atoms with E-state index in [1.165, 1.54) is 24.3 Å². The van der Waals surface area contributed by atoms with Gasteiger partial charge in [-0.15, -0.1) is 0 Å². The number of ketones is 2. The summed E-state index contributed by atoms with van der Waals surface area (Å²) in [5.74, 6) is -2.15. The normalized spacial score (nSPS) is 12.8. The van der Waals surface area contributed by atoms with Gasteiger partial charge in [-0.05, 0) is 36.4 Å². The van der Waals surface area contributed by atoms with Gasteiger partial charge in [0.1, 0.15) is 5.82 Å². The lowest BCUT2D eigenvalue weighted by Gasteiger charge is -2.17. The molecule has 1 aliphatic rings. The largest absolute Gasteiger partial charge is 0.366 e. The summed E-state index contributed by atoms with van der Waals surface area (Å²) in [5.41, 5.74) is 5.71. The Morgan fingerprint density at radius 2 is 1.40 bits per heavy atom. The van der Waals surface area contributed by atoms with Crippen molar-refractivity contribution < 1.29 is 18.8 Å². The second kappa shape index (κ2) is 4.09. The Morgan fingerprint density at radius 1 is 0.850 bits per heavy atom. The van der Waals surface area contributed by atoms with E-state index in [-0.39, 0.29) is 33.6 Å². The first-order chi connectivity index (χ1) is 9.49. The maximum Gasteiger partial charge on any atom is 0.248 e. The van der Waals surface area contributed by atoms with Crippen molar-refractivity contribution in [3.8, 4) is 0 Å². The molecule has 2 aromatic carbocycles.